The van der Waals surface area contributed by atoms with Crippen LogP contribution in [-0.4, -0.2) is 17.9 Å². The first-order chi connectivity index (χ1) is 9.65. The molecule has 0 saturated heterocycles. The molecule has 0 aliphatic heterocycles. The predicted octanol–water partition coefficient (Wildman–Crippen LogP) is 2.69. The molecule has 1 heterocycles. The zero-order valence-corrected chi connectivity index (χ0v) is 10.9. The molecule has 1 amide bonds. The molecule has 100 valence electrons. The average Bonchev–Trinajstić information content (AvgIpc) is 2.94. The first kappa shape index (κ1) is 12.2. The minimum Gasteiger partial charge on any atom is -0.443 e. The molecule has 1 aromatic heterocycles. The summed E-state index contributed by atoms with van der Waals surface area (Å²) >= 11 is 0. The minimum atomic E-state index is -0.108. The van der Waals surface area contributed by atoms with Gasteiger partial charge >= 0.3 is 0 Å². The number of hydrogen-bond acceptors (Lipinski definition) is 4. The lowest BCUT2D eigenvalue weighted by Crippen LogP contribution is -2.26. The molecule has 2 aromatic carbocycles. The highest BCUT2D eigenvalue weighted by molar-refractivity contribution is 6.06. The lowest BCUT2D eigenvalue weighted by Gasteiger charge is -2.17. The van der Waals surface area contributed by atoms with Crippen LogP contribution < -0.4 is 10.6 Å². The smallest absolute Gasteiger partial charge is 0.258 e. The summed E-state index contributed by atoms with van der Waals surface area (Å²) in [4.78, 5) is 18.0. The summed E-state index contributed by atoms with van der Waals surface area (Å²) in [6.45, 7) is 0. The Morgan fingerprint density at radius 3 is 2.70 bits per heavy atom. The number of nitrogens with zero attached hydrogens (tertiary/aromatic N) is 2. The van der Waals surface area contributed by atoms with E-state index in [0.29, 0.717) is 16.8 Å². The number of hydrogen-bond donors (Lipinski definition) is 1. The highest BCUT2D eigenvalue weighted by atomic mass is 16.3. The monoisotopic (exact) mass is 267 g/mol. The number of nitrogens with two attached hydrogens (primary N) is 1. The second-order valence-electron chi connectivity index (χ2n) is 4.49. The number of fused-ring (bicyclic) bond motifs is 1. The van der Waals surface area contributed by atoms with E-state index in [4.69, 9.17) is 10.2 Å². The molecule has 0 aliphatic carbocycles. The van der Waals surface area contributed by atoms with Gasteiger partial charge in [0.15, 0.2) is 12.0 Å². The van der Waals surface area contributed by atoms with Gasteiger partial charge in [0.25, 0.3) is 5.91 Å². The van der Waals surface area contributed by atoms with Gasteiger partial charge in [0.1, 0.15) is 5.52 Å². The van der Waals surface area contributed by atoms with E-state index in [2.05, 4.69) is 4.98 Å². The van der Waals surface area contributed by atoms with Crippen LogP contribution in [0.2, 0.25) is 0 Å². The number of anilines is 2. The molecule has 20 heavy (non-hydrogen) atoms. The summed E-state index contributed by atoms with van der Waals surface area (Å²) in [6, 6.07) is 12.3. The molecule has 0 spiro atoms. The maximum absolute atomic E-state index is 12.4. The summed E-state index contributed by atoms with van der Waals surface area (Å²) in [5.74, 6) is -0.108. The Morgan fingerprint density at radius 1 is 1.20 bits per heavy atom. The van der Waals surface area contributed by atoms with Crippen molar-refractivity contribution in [1.29, 1.82) is 0 Å². The van der Waals surface area contributed by atoms with Crippen LogP contribution in [0.5, 0.6) is 0 Å². The van der Waals surface area contributed by atoms with Crippen molar-refractivity contribution in [2.75, 3.05) is 17.7 Å². The summed E-state index contributed by atoms with van der Waals surface area (Å²) in [5, 5.41) is 0. The summed E-state index contributed by atoms with van der Waals surface area (Å²) in [6.07, 6.45) is 1.39. The number of carbonyl (C=O) groups is 1. The van der Waals surface area contributed by atoms with Crippen molar-refractivity contribution in [3.8, 4) is 0 Å². The first-order valence-electron chi connectivity index (χ1n) is 6.12. The number of rotatable bonds is 2. The van der Waals surface area contributed by atoms with Crippen LogP contribution >= 0.6 is 0 Å². The highest BCUT2D eigenvalue weighted by Crippen LogP contribution is 2.22. The lowest BCUT2D eigenvalue weighted by atomic mass is 10.1. The quantitative estimate of drug-likeness (QED) is 0.724. The van der Waals surface area contributed by atoms with Crippen LogP contribution in [0.4, 0.5) is 11.4 Å². The maximum Gasteiger partial charge on any atom is 0.258 e. The van der Waals surface area contributed by atoms with Gasteiger partial charge in [-0.05, 0) is 36.4 Å². The lowest BCUT2D eigenvalue weighted by molar-refractivity contribution is 0.0993. The number of aromatic nitrogens is 1. The van der Waals surface area contributed by atoms with Gasteiger partial charge in [0.05, 0.1) is 0 Å². The SMILES string of the molecule is CN(C(=O)c1ccc(N)cc1)c1ccc2ncoc2c1. The van der Waals surface area contributed by atoms with E-state index in [1.165, 1.54) is 6.39 Å². The zero-order chi connectivity index (χ0) is 14.1. The Kier molecular flexibility index (Phi) is 2.87. The molecule has 0 saturated carbocycles. The topological polar surface area (TPSA) is 72.4 Å². The van der Waals surface area contributed by atoms with Crippen LogP contribution in [0.25, 0.3) is 11.1 Å². The van der Waals surface area contributed by atoms with Crippen molar-refractivity contribution in [3.05, 3.63) is 54.4 Å². The standard InChI is InChI=1S/C15H13N3O2/c1-18(15(19)10-2-4-11(16)5-3-10)12-6-7-13-14(8-12)20-9-17-13/h2-9H,16H2,1H3. The highest BCUT2D eigenvalue weighted by Gasteiger charge is 2.14. The zero-order valence-electron chi connectivity index (χ0n) is 10.9. The minimum absolute atomic E-state index is 0.108. The fourth-order valence-corrected chi connectivity index (χ4v) is 1.99. The van der Waals surface area contributed by atoms with Crippen molar-refractivity contribution in [2.24, 2.45) is 0 Å². The summed E-state index contributed by atoms with van der Waals surface area (Å²) in [7, 11) is 1.72. The number of benzene rings is 2. The van der Waals surface area contributed by atoms with E-state index < -0.39 is 0 Å². The van der Waals surface area contributed by atoms with E-state index in [9.17, 15) is 4.79 Å². The van der Waals surface area contributed by atoms with Gasteiger partial charge in [-0.2, -0.15) is 0 Å². The van der Waals surface area contributed by atoms with Gasteiger partial charge < -0.3 is 15.1 Å². The third-order valence-electron chi connectivity index (χ3n) is 3.16. The van der Waals surface area contributed by atoms with E-state index in [1.807, 2.05) is 12.1 Å². The van der Waals surface area contributed by atoms with Gasteiger partial charge in [-0.15, -0.1) is 0 Å². The predicted molar refractivity (Wildman–Crippen MR) is 77.6 cm³/mol. The van der Waals surface area contributed by atoms with Gasteiger partial charge in [-0.3, -0.25) is 4.79 Å². The Hall–Kier alpha value is -2.82. The van der Waals surface area contributed by atoms with Gasteiger partial charge in [-0.1, -0.05) is 0 Å². The van der Waals surface area contributed by atoms with E-state index in [1.54, 1.807) is 42.3 Å². The fraction of sp³-hybridized carbons (Fsp3) is 0.0667. The van der Waals surface area contributed by atoms with Gasteiger partial charge in [0.2, 0.25) is 0 Å². The second-order valence-corrected chi connectivity index (χ2v) is 4.49. The number of oxazole rings is 1. The number of nitrogen functional groups attached to an aromatic ring is 1. The Bertz CT molecular complexity index is 762. The van der Waals surface area contributed by atoms with Crippen molar-refractivity contribution >= 4 is 28.4 Å². The third-order valence-corrected chi connectivity index (χ3v) is 3.16. The molecule has 0 bridgehead atoms. The molecule has 0 unspecified atom stereocenters. The molecule has 0 atom stereocenters. The molecule has 0 fully saturated rings. The Balaban J connectivity index is 1.92. The van der Waals surface area contributed by atoms with E-state index in [-0.39, 0.29) is 5.91 Å². The van der Waals surface area contributed by atoms with E-state index >= 15 is 0 Å². The van der Waals surface area contributed by atoms with Crippen molar-refractivity contribution in [3.63, 3.8) is 0 Å². The van der Waals surface area contributed by atoms with Gasteiger partial charge in [0, 0.05) is 30.1 Å². The molecule has 3 aromatic rings. The molecule has 2 N–H and O–H groups in total. The molecule has 0 aliphatic rings. The van der Waals surface area contributed by atoms with Crippen LogP contribution in [0, 0.1) is 0 Å². The van der Waals surface area contributed by atoms with Crippen LogP contribution in [0.1, 0.15) is 10.4 Å². The number of amides is 1. The van der Waals surface area contributed by atoms with Crippen LogP contribution in [-0.2, 0) is 0 Å². The van der Waals surface area contributed by atoms with E-state index in [0.717, 1.165) is 11.2 Å². The Morgan fingerprint density at radius 2 is 1.95 bits per heavy atom. The second kappa shape index (κ2) is 4.70. The molecule has 3 rings (SSSR count). The Labute approximate surface area is 115 Å². The summed E-state index contributed by atoms with van der Waals surface area (Å²) in [5.41, 5.74) is 9.00. The molecule has 5 heteroatoms. The normalized spacial score (nSPS) is 10.7. The summed E-state index contributed by atoms with van der Waals surface area (Å²) < 4.78 is 5.24. The van der Waals surface area contributed by atoms with Gasteiger partial charge in [-0.25, -0.2) is 4.98 Å². The van der Waals surface area contributed by atoms with Crippen LogP contribution in [0.3, 0.4) is 0 Å². The molecule has 0 radical (unpaired) electrons. The third kappa shape index (κ3) is 2.09. The largest absolute Gasteiger partial charge is 0.443 e. The maximum atomic E-state index is 12.4. The number of carbonyl (C=O) groups excluding carboxylic acids is 1. The van der Waals surface area contributed by atoms with Crippen molar-refractivity contribution in [1.82, 2.24) is 4.98 Å². The molecular formula is C15H13N3O2. The van der Waals surface area contributed by atoms with Crippen LogP contribution in [0.15, 0.2) is 53.3 Å². The first-order valence-corrected chi connectivity index (χ1v) is 6.12. The molecule has 5 nitrogen and oxygen atoms in total. The fourth-order valence-electron chi connectivity index (χ4n) is 1.99. The average molecular weight is 267 g/mol. The van der Waals surface area contributed by atoms with Crippen molar-refractivity contribution in [2.45, 2.75) is 0 Å². The van der Waals surface area contributed by atoms with Crippen molar-refractivity contribution < 1.29 is 9.21 Å². The molecular weight excluding hydrogens is 254 g/mol.